The highest BCUT2D eigenvalue weighted by Crippen LogP contribution is 2.32. The molecule has 1 saturated heterocycles. The predicted molar refractivity (Wildman–Crippen MR) is 69.6 cm³/mol. The molecule has 0 amide bonds. The Hall–Kier alpha value is -1.10. The number of thiophene rings is 1. The van der Waals surface area contributed by atoms with Crippen molar-refractivity contribution in [3.63, 3.8) is 0 Å². The first-order chi connectivity index (χ1) is 8.16. The van der Waals surface area contributed by atoms with Gasteiger partial charge in [0.2, 0.25) is 0 Å². The lowest BCUT2D eigenvalue weighted by Gasteiger charge is -2.38. The van der Waals surface area contributed by atoms with Crippen molar-refractivity contribution in [1.29, 1.82) is 0 Å². The summed E-state index contributed by atoms with van der Waals surface area (Å²) < 4.78 is 6.34. The third kappa shape index (κ3) is 2.04. The SMILES string of the molecule is CC1(NCc2cc3c(O)cccc3s2)COC1. The van der Waals surface area contributed by atoms with Crippen molar-refractivity contribution in [1.82, 2.24) is 5.32 Å². The summed E-state index contributed by atoms with van der Waals surface area (Å²) in [6.07, 6.45) is 0. The molecule has 0 saturated carbocycles. The number of aromatic hydroxyl groups is 1. The molecule has 0 aliphatic carbocycles. The number of hydrogen-bond acceptors (Lipinski definition) is 4. The molecule has 0 radical (unpaired) electrons. The Morgan fingerprint density at radius 2 is 2.29 bits per heavy atom. The molecule has 0 spiro atoms. The molecular weight excluding hydrogens is 234 g/mol. The largest absolute Gasteiger partial charge is 0.507 e. The van der Waals surface area contributed by atoms with Crippen LogP contribution in [0.25, 0.3) is 10.1 Å². The number of rotatable bonds is 3. The highest BCUT2D eigenvalue weighted by molar-refractivity contribution is 7.19. The van der Waals surface area contributed by atoms with Crippen molar-refractivity contribution in [3.8, 4) is 5.75 Å². The Labute approximate surface area is 104 Å². The molecule has 1 aromatic heterocycles. The second-order valence-electron chi connectivity index (χ2n) is 4.81. The number of nitrogens with one attached hydrogen (secondary N) is 1. The van der Waals surface area contributed by atoms with Crippen molar-refractivity contribution >= 4 is 21.4 Å². The van der Waals surface area contributed by atoms with Crippen LogP contribution in [0.5, 0.6) is 5.75 Å². The summed E-state index contributed by atoms with van der Waals surface area (Å²) >= 11 is 1.72. The number of benzene rings is 1. The van der Waals surface area contributed by atoms with Gasteiger partial charge in [0.25, 0.3) is 0 Å². The standard InChI is InChI=1S/C13H15NO2S/c1-13(7-16-8-13)14-6-9-5-10-11(15)3-2-4-12(10)17-9/h2-5,14-15H,6-8H2,1H3. The summed E-state index contributed by atoms with van der Waals surface area (Å²) in [4.78, 5) is 1.25. The minimum atomic E-state index is 0.123. The average Bonchev–Trinajstić information content (AvgIpc) is 2.68. The van der Waals surface area contributed by atoms with Gasteiger partial charge in [-0.3, -0.25) is 0 Å². The van der Waals surface area contributed by atoms with E-state index in [0.29, 0.717) is 5.75 Å². The second-order valence-corrected chi connectivity index (χ2v) is 5.98. The minimum Gasteiger partial charge on any atom is -0.507 e. The number of phenolic OH excluding ortho intramolecular Hbond substituents is 1. The number of ether oxygens (including phenoxy) is 1. The van der Waals surface area contributed by atoms with Gasteiger partial charge < -0.3 is 15.2 Å². The van der Waals surface area contributed by atoms with Gasteiger partial charge in [-0.15, -0.1) is 11.3 Å². The van der Waals surface area contributed by atoms with Crippen molar-refractivity contribution in [2.45, 2.75) is 19.0 Å². The molecule has 1 fully saturated rings. The van der Waals surface area contributed by atoms with Crippen molar-refractivity contribution in [2.24, 2.45) is 0 Å². The van der Waals surface area contributed by atoms with E-state index >= 15 is 0 Å². The highest BCUT2D eigenvalue weighted by atomic mass is 32.1. The third-order valence-electron chi connectivity index (χ3n) is 3.12. The van der Waals surface area contributed by atoms with Gasteiger partial charge in [-0.1, -0.05) is 6.07 Å². The van der Waals surface area contributed by atoms with E-state index in [4.69, 9.17) is 4.74 Å². The summed E-state index contributed by atoms with van der Waals surface area (Å²) in [5.41, 5.74) is 0.123. The molecule has 1 aromatic carbocycles. The Bertz CT molecular complexity index is 545. The zero-order valence-electron chi connectivity index (χ0n) is 9.69. The average molecular weight is 249 g/mol. The molecule has 90 valence electrons. The summed E-state index contributed by atoms with van der Waals surface area (Å²) in [6.45, 7) is 4.56. The van der Waals surface area contributed by atoms with Crippen LogP contribution in [0.3, 0.4) is 0 Å². The Balaban J connectivity index is 1.79. The first kappa shape index (κ1) is 11.0. The molecule has 2 heterocycles. The minimum absolute atomic E-state index is 0.123. The molecule has 2 aromatic rings. The molecule has 1 aliphatic heterocycles. The van der Waals surface area contributed by atoms with Gasteiger partial charge in [0, 0.05) is 21.5 Å². The Morgan fingerprint density at radius 1 is 1.47 bits per heavy atom. The Kier molecular flexibility index (Phi) is 2.58. The molecule has 3 nitrogen and oxygen atoms in total. The van der Waals surface area contributed by atoms with E-state index in [9.17, 15) is 5.11 Å². The van der Waals surface area contributed by atoms with Crippen LogP contribution in [-0.4, -0.2) is 23.9 Å². The lowest BCUT2D eigenvalue weighted by Crippen LogP contribution is -2.57. The van der Waals surface area contributed by atoms with E-state index in [1.165, 1.54) is 4.88 Å². The lowest BCUT2D eigenvalue weighted by atomic mass is 10.0. The molecule has 0 bridgehead atoms. The molecular formula is C13H15NO2S. The molecule has 0 unspecified atom stereocenters. The van der Waals surface area contributed by atoms with Gasteiger partial charge in [0.1, 0.15) is 5.75 Å². The van der Waals surface area contributed by atoms with E-state index in [2.05, 4.69) is 18.3 Å². The maximum absolute atomic E-state index is 9.74. The molecule has 1 aliphatic rings. The van der Waals surface area contributed by atoms with Gasteiger partial charge in [-0.25, -0.2) is 0 Å². The summed E-state index contributed by atoms with van der Waals surface area (Å²) in [5.74, 6) is 0.364. The van der Waals surface area contributed by atoms with Gasteiger partial charge in [-0.05, 0) is 25.1 Å². The van der Waals surface area contributed by atoms with Crippen molar-refractivity contribution < 1.29 is 9.84 Å². The molecule has 17 heavy (non-hydrogen) atoms. The summed E-state index contributed by atoms with van der Waals surface area (Å²) in [7, 11) is 0. The molecule has 4 heteroatoms. The normalized spacial score (nSPS) is 18.2. The van der Waals surface area contributed by atoms with Crippen LogP contribution in [0, 0.1) is 0 Å². The zero-order valence-corrected chi connectivity index (χ0v) is 10.5. The quantitative estimate of drug-likeness (QED) is 0.878. The van der Waals surface area contributed by atoms with E-state index in [-0.39, 0.29) is 5.54 Å². The fraction of sp³-hybridized carbons (Fsp3) is 0.385. The smallest absolute Gasteiger partial charge is 0.124 e. The Morgan fingerprint density at radius 3 is 2.94 bits per heavy atom. The van der Waals surface area contributed by atoms with Crippen LogP contribution in [0.4, 0.5) is 0 Å². The van der Waals surface area contributed by atoms with E-state index in [1.54, 1.807) is 17.4 Å². The summed E-state index contributed by atoms with van der Waals surface area (Å²) in [6, 6.07) is 7.71. The van der Waals surface area contributed by atoms with Crippen LogP contribution in [-0.2, 0) is 11.3 Å². The first-order valence-corrected chi connectivity index (χ1v) is 6.51. The first-order valence-electron chi connectivity index (χ1n) is 5.69. The van der Waals surface area contributed by atoms with Gasteiger partial charge >= 0.3 is 0 Å². The van der Waals surface area contributed by atoms with E-state index in [1.807, 2.05) is 12.1 Å². The highest BCUT2D eigenvalue weighted by Gasteiger charge is 2.32. The van der Waals surface area contributed by atoms with Gasteiger partial charge in [-0.2, -0.15) is 0 Å². The maximum atomic E-state index is 9.74. The number of phenols is 1. The van der Waals surface area contributed by atoms with Crippen LogP contribution >= 0.6 is 11.3 Å². The molecule has 2 N–H and O–H groups in total. The van der Waals surface area contributed by atoms with Crippen LogP contribution < -0.4 is 5.32 Å². The van der Waals surface area contributed by atoms with E-state index in [0.717, 1.165) is 29.8 Å². The van der Waals surface area contributed by atoms with E-state index < -0.39 is 0 Å². The molecule has 0 atom stereocenters. The second kappa shape index (κ2) is 3.98. The zero-order chi connectivity index (χ0) is 11.9. The molecule has 3 rings (SSSR count). The lowest BCUT2D eigenvalue weighted by molar-refractivity contribution is -0.0648. The summed E-state index contributed by atoms with van der Waals surface area (Å²) in [5, 5.41) is 14.2. The number of hydrogen-bond donors (Lipinski definition) is 2. The monoisotopic (exact) mass is 249 g/mol. The third-order valence-corrected chi connectivity index (χ3v) is 4.22. The van der Waals surface area contributed by atoms with Crippen LogP contribution in [0.2, 0.25) is 0 Å². The topological polar surface area (TPSA) is 41.5 Å². The number of fused-ring (bicyclic) bond motifs is 1. The fourth-order valence-electron chi connectivity index (χ4n) is 2.00. The fourth-order valence-corrected chi connectivity index (χ4v) is 3.02. The predicted octanol–water partition coefficient (Wildman–Crippen LogP) is 2.49. The van der Waals surface area contributed by atoms with Crippen molar-refractivity contribution in [3.05, 3.63) is 29.1 Å². The van der Waals surface area contributed by atoms with Gasteiger partial charge in [0.15, 0.2) is 0 Å². The van der Waals surface area contributed by atoms with Crippen LogP contribution in [0.15, 0.2) is 24.3 Å². The van der Waals surface area contributed by atoms with Gasteiger partial charge in [0.05, 0.1) is 18.8 Å². The van der Waals surface area contributed by atoms with Crippen molar-refractivity contribution in [2.75, 3.05) is 13.2 Å². The maximum Gasteiger partial charge on any atom is 0.124 e. The van der Waals surface area contributed by atoms with Crippen LogP contribution in [0.1, 0.15) is 11.8 Å².